The molecule has 0 aromatic heterocycles. The van der Waals surface area contributed by atoms with E-state index in [1.165, 1.54) is 178 Å². The first-order chi connectivity index (χ1) is 48.8. The Labute approximate surface area is 650 Å². The third kappa shape index (κ3) is 21.5. The maximum Gasteiger partial charge on any atom is -0.0114 e. The summed E-state index contributed by atoms with van der Waals surface area (Å²) in [7, 11) is 0. The highest BCUT2D eigenvalue weighted by atomic mass is 14.3. The summed E-state index contributed by atoms with van der Waals surface area (Å²) in [5, 5.41) is 0. The van der Waals surface area contributed by atoms with Crippen LogP contribution in [0.4, 0.5) is 0 Å². The van der Waals surface area contributed by atoms with Crippen molar-refractivity contribution in [3.8, 4) is 55.6 Å². The molecule has 0 nitrogen and oxygen atoms in total. The Bertz CT molecular complexity index is 4620. The summed E-state index contributed by atoms with van der Waals surface area (Å²) in [6.45, 7) is 84.1. The van der Waals surface area contributed by atoms with Crippen LogP contribution in [0.2, 0.25) is 0 Å². The SMILES string of the molecule is Cc1cc(-c2c(C(C)C)cccc2C(C)C)cc(C(C)(C)C)c1C.Cc1cc(-c2c(C)cccc2C)cc(C(C)(C)C)c1C.Cc1cc(-c2ccccc2C(C)(C)C)cc(C(C)(C)C)c1C.Cc1cc(-c2ccccc2C(C)C)cc(C(C)(C)C)c1C.Cc1ccccc1-c1cc(C)c(C)c(C(C)(C)C)c1. The Kier molecular flexibility index (Phi) is 28.4. The molecule has 0 atom stereocenters. The van der Waals surface area contributed by atoms with Gasteiger partial charge in [-0.05, 0) is 318 Å². The van der Waals surface area contributed by atoms with Crippen molar-refractivity contribution in [3.05, 3.63) is 292 Å². The quantitative estimate of drug-likeness (QED) is 0.142. The van der Waals surface area contributed by atoms with E-state index in [1.54, 1.807) is 0 Å². The van der Waals surface area contributed by atoms with Gasteiger partial charge in [0.05, 0.1) is 0 Å². The average Bonchev–Trinajstić information content (AvgIpc) is 0.795. The van der Waals surface area contributed by atoms with Crippen molar-refractivity contribution in [2.45, 2.75) is 306 Å². The molecule has 0 bridgehead atoms. The fraction of sp³-hybridized carbons (Fsp3) is 0.434. The number of benzene rings is 10. The average molecular weight is 1420 g/mol. The largest absolute Gasteiger partial charge is 0.0620 e. The van der Waals surface area contributed by atoms with Gasteiger partial charge in [-0.3, -0.25) is 0 Å². The second-order valence-electron chi connectivity index (χ2n) is 38.3. The maximum absolute atomic E-state index is 2.44. The first kappa shape index (κ1) is 87.1. The van der Waals surface area contributed by atoms with Gasteiger partial charge in [0, 0.05) is 0 Å². The summed E-state index contributed by atoms with van der Waals surface area (Å²) < 4.78 is 0. The van der Waals surface area contributed by atoms with Gasteiger partial charge in [0.2, 0.25) is 0 Å². The smallest absolute Gasteiger partial charge is 0.0114 e. The molecule has 0 amide bonds. The molecule has 0 aliphatic rings. The van der Waals surface area contributed by atoms with Gasteiger partial charge in [-0.2, -0.15) is 0 Å². The van der Waals surface area contributed by atoms with Gasteiger partial charge >= 0.3 is 0 Å². The molecule has 0 saturated carbocycles. The molecular formula is C106H142. The van der Waals surface area contributed by atoms with Gasteiger partial charge in [0.1, 0.15) is 0 Å². The van der Waals surface area contributed by atoms with Crippen LogP contribution in [0.1, 0.15) is 306 Å². The van der Waals surface area contributed by atoms with E-state index in [1.807, 2.05) is 0 Å². The zero-order chi connectivity index (χ0) is 80.0. The molecule has 0 N–H and O–H groups in total. The molecule has 0 radical (unpaired) electrons. The lowest BCUT2D eigenvalue weighted by Gasteiger charge is -2.27. The van der Waals surface area contributed by atoms with E-state index in [4.69, 9.17) is 0 Å². The zero-order valence-corrected chi connectivity index (χ0v) is 73.9. The van der Waals surface area contributed by atoms with Gasteiger partial charge in [0.15, 0.2) is 0 Å². The summed E-state index contributed by atoms with van der Waals surface area (Å²) in [5.74, 6) is 1.60. The third-order valence-corrected chi connectivity index (χ3v) is 22.2. The Balaban J connectivity index is 0.000000208. The fourth-order valence-corrected chi connectivity index (χ4v) is 15.7. The molecule has 0 fully saturated rings. The molecule has 106 heavy (non-hydrogen) atoms. The van der Waals surface area contributed by atoms with Crippen molar-refractivity contribution in [3.63, 3.8) is 0 Å². The van der Waals surface area contributed by atoms with Crippen LogP contribution in [0.5, 0.6) is 0 Å². The molecule has 0 heterocycles. The minimum Gasteiger partial charge on any atom is -0.0620 e. The van der Waals surface area contributed by atoms with Crippen molar-refractivity contribution in [1.82, 2.24) is 0 Å². The van der Waals surface area contributed by atoms with E-state index >= 15 is 0 Å². The summed E-state index contributed by atoms with van der Waals surface area (Å²) in [6.07, 6.45) is 0. The van der Waals surface area contributed by atoms with Crippen molar-refractivity contribution in [2.75, 3.05) is 0 Å². The molecule has 0 aliphatic carbocycles. The van der Waals surface area contributed by atoms with E-state index in [0.717, 1.165) is 0 Å². The summed E-state index contributed by atoms with van der Waals surface area (Å²) in [6, 6.07) is 63.3. The normalized spacial score (nSPS) is 12.1. The first-order valence-electron chi connectivity index (χ1n) is 39.8. The molecule has 0 heteroatoms. The molecule has 10 rings (SSSR count). The predicted molar refractivity (Wildman–Crippen MR) is 475 cm³/mol. The standard InChI is InChI=1S/C24H34.C22H30.C21H28.C20H26.C19H24/c1-15(2)20-11-10-12-21(16(3)4)23(20)19-13-17(5)18(6)22(14-19)24(7,8)9;1-15-13-17(14-20(16(15)2)22(6,7)8)18-11-9-10-12-19(18)21(3,4)5;1-14(2)18-10-8-9-11-19(18)17-12-15(3)16(4)20(13-17)21(5,6)7;1-13-9-8-10-14(2)19(13)17-11-15(3)16(4)18(12-17)20(5,6)7;1-13-9-7-8-10-17(13)16-11-14(2)15(3)18(12-16)19(4,5)6/h10-16H,1-9H3;9-14H,1-8H3;8-14H,1-7H3;8-12H,1-7H3;7-12H,1-6H3. The minimum atomic E-state index is 0.150. The van der Waals surface area contributed by atoms with Crippen LogP contribution in [-0.4, -0.2) is 0 Å². The fourth-order valence-electron chi connectivity index (χ4n) is 15.7. The molecule has 10 aromatic rings. The highest BCUT2D eigenvalue weighted by Gasteiger charge is 2.27. The van der Waals surface area contributed by atoms with Gasteiger partial charge in [-0.25, -0.2) is 0 Å². The number of rotatable bonds is 8. The molecule has 10 aromatic carbocycles. The van der Waals surface area contributed by atoms with Crippen LogP contribution in [0, 0.1) is 90.0 Å². The monoisotopic (exact) mass is 1420 g/mol. The van der Waals surface area contributed by atoms with Crippen LogP contribution in [-0.2, 0) is 32.5 Å². The second kappa shape index (κ2) is 34.6. The highest BCUT2D eigenvalue weighted by molar-refractivity contribution is 5.77. The lowest BCUT2D eigenvalue weighted by molar-refractivity contribution is 0.584. The van der Waals surface area contributed by atoms with Crippen LogP contribution in [0.3, 0.4) is 0 Å². The van der Waals surface area contributed by atoms with Gasteiger partial charge in [-0.15, -0.1) is 0 Å². The Morgan fingerprint density at radius 1 is 0.189 bits per heavy atom. The first-order valence-corrected chi connectivity index (χ1v) is 39.8. The number of hydrogen-bond acceptors (Lipinski definition) is 0. The van der Waals surface area contributed by atoms with E-state index in [9.17, 15) is 0 Å². The molecule has 0 unspecified atom stereocenters. The van der Waals surface area contributed by atoms with E-state index in [0.29, 0.717) is 17.8 Å². The molecule has 0 spiro atoms. The maximum atomic E-state index is 2.44. The summed E-state index contributed by atoms with van der Waals surface area (Å²) in [4.78, 5) is 0. The van der Waals surface area contributed by atoms with Crippen LogP contribution < -0.4 is 0 Å². The lowest BCUT2D eigenvalue weighted by Crippen LogP contribution is -2.15. The zero-order valence-electron chi connectivity index (χ0n) is 73.9. The third-order valence-electron chi connectivity index (χ3n) is 22.2. The summed E-state index contributed by atoms with van der Waals surface area (Å²) in [5.41, 5.74) is 45.9. The number of hydrogen-bond donors (Lipinski definition) is 0. The Hall–Kier alpha value is -7.80. The highest BCUT2D eigenvalue weighted by Crippen LogP contribution is 2.43. The lowest BCUT2D eigenvalue weighted by atomic mass is 9.78. The minimum absolute atomic E-state index is 0.150. The van der Waals surface area contributed by atoms with Crippen molar-refractivity contribution in [1.29, 1.82) is 0 Å². The predicted octanol–water partition coefficient (Wildman–Crippen LogP) is 31.9. The van der Waals surface area contributed by atoms with E-state index in [2.05, 4.69) is 426 Å². The Morgan fingerprint density at radius 3 is 0.755 bits per heavy atom. The van der Waals surface area contributed by atoms with Crippen molar-refractivity contribution in [2.24, 2.45) is 0 Å². The van der Waals surface area contributed by atoms with Crippen LogP contribution in [0.25, 0.3) is 55.6 Å². The summed E-state index contributed by atoms with van der Waals surface area (Å²) >= 11 is 0. The van der Waals surface area contributed by atoms with Gasteiger partial charge < -0.3 is 0 Å². The van der Waals surface area contributed by atoms with Crippen LogP contribution in [0.15, 0.2) is 170 Å². The number of aryl methyl sites for hydroxylation is 8. The van der Waals surface area contributed by atoms with Crippen LogP contribution >= 0.6 is 0 Å². The van der Waals surface area contributed by atoms with E-state index in [-0.39, 0.29) is 32.5 Å². The van der Waals surface area contributed by atoms with Crippen molar-refractivity contribution < 1.29 is 0 Å². The second-order valence-corrected chi connectivity index (χ2v) is 38.3. The van der Waals surface area contributed by atoms with Crippen molar-refractivity contribution >= 4 is 0 Å². The molecule has 0 saturated heterocycles. The molecule has 0 aliphatic heterocycles. The topological polar surface area (TPSA) is 0 Å². The van der Waals surface area contributed by atoms with Gasteiger partial charge in [-0.1, -0.05) is 336 Å². The molecular weight excluding hydrogens is 1270 g/mol. The van der Waals surface area contributed by atoms with E-state index < -0.39 is 0 Å². The van der Waals surface area contributed by atoms with Gasteiger partial charge in [0.25, 0.3) is 0 Å². The Morgan fingerprint density at radius 2 is 0.425 bits per heavy atom. The molecule has 566 valence electrons.